The third kappa shape index (κ3) is 2.25. The van der Waals surface area contributed by atoms with E-state index in [0.717, 1.165) is 17.0 Å². The van der Waals surface area contributed by atoms with Crippen molar-refractivity contribution in [2.24, 2.45) is 0 Å². The van der Waals surface area contributed by atoms with Gasteiger partial charge in [0.1, 0.15) is 5.75 Å². The summed E-state index contributed by atoms with van der Waals surface area (Å²) in [5, 5.41) is 0. The Hall–Kier alpha value is -1.07. The number of hydrogen-bond donors (Lipinski definition) is 0. The predicted molar refractivity (Wildman–Crippen MR) is 71.2 cm³/mol. The smallest absolute Gasteiger partial charge is 0.497 e. The molecule has 1 aliphatic rings. The van der Waals surface area contributed by atoms with Gasteiger partial charge in [-0.2, -0.15) is 0 Å². The highest BCUT2D eigenvalue weighted by molar-refractivity contribution is 6.61. The Labute approximate surface area is 109 Å². The van der Waals surface area contributed by atoms with Crippen LogP contribution in [0.5, 0.6) is 5.75 Å². The zero-order valence-electron chi connectivity index (χ0n) is 11.9. The lowest BCUT2D eigenvalue weighted by atomic mass is 9.84. The molecule has 0 aliphatic carbocycles. The molecule has 0 saturated carbocycles. The zero-order valence-corrected chi connectivity index (χ0v) is 11.9. The highest BCUT2D eigenvalue weighted by Gasteiger charge is 2.52. The number of rotatable bonds is 2. The fraction of sp³-hybridized carbons (Fsp3) is 0.615. The van der Waals surface area contributed by atoms with Gasteiger partial charge in [0.15, 0.2) is 0 Å². The van der Waals surface area contributed by atoms with Crippen LogP contribution in [0.1, 0.15) is 33.4 Å². The van der Waals surface area contributed by atoms with E-state index in [4.69, 9.17) is 14.0 Å². The molecule has 2 rings (SSSR count). The first kappa shape index (κ1) is 13.4. The minimum absolute atomic E-state index is 0.351. The average Bonchev–Trinajstić information content (AvgIpc) is 2.47. The van der Waals surface area contributed by atoms with Gasteiger partial charge in [0, 0.05) is 11.8 Å². The second kappa shape index (κ2) is 4.25. The maximum Gasteiger partial charge on any atom is 0.514 e. The molecule has 2 heterocycles. The summed E-state index contributed by atoms with van der Waals surface area (Å²) in [5.74, 6) is 0.771. The van der Waals surface area contributed by atoms with Crippen molar-refractivity contribution >= 4 is 12.7 Å². The maximum atomic E-state index is 5.96. The van der Waals surface area contributed by atoms with Gasteiger partial charge in [0.05, 0.1) is 23.9 Å². The molecule has 0 aromatic carbocycles. The van der Waals surface area contributed by atoms with Crippen LogP contribution < -0.4 is 10.3 Å². The lowest BCUT2D eigenvalue weighted by Crippen LogP contribution is -2.41. The summed E-state index contributed by atoms with van der Waals surface area (Å²) >= 11 is 0. The van der Waals surface area contributed by atoms with Gasteiger partial charge in [-0.25, -0.2) is 0 Å². The predicted octanol–water partition coefficient (Wildman–Crippen LogP) is 1.70. The van der Waals surface area contributed by atoms with E-state index in [0.29, 0.717) is 0 Å². The van der Waals surface area contributed by atoms with Crippen LogP contribution in [-0.2, 0) is 9.31 Å². The van der Waals surface area contributed by atoms with E-state index in [1.54, 1.807) is 7.11 Å². The molecule has 1 saturated heterocycles. The molecular weight excluding hydrogens is 229 g/mol. The van der Waals surface area contributed by atoms with Crippen LogP contribution >= 0.6 is 0 Å². The molecule has 1 aromatic heterocycles. The summed E-state index contributed by atoms with van der Waals surface area (Å²) in [4.78, 5) is 4.46. The van der Waals surface area contributed by atoms with Gasteiger partial charge < -0.3 is 14.0 Å². The molecule has 18 heavy (non-hydrogen) atoms. The third-order valence-electron chi connectivity index (χ3n) is 3.68. The van der Waals surface area contributed by atoms with Gasteiger partial charge in [0.2, 0.25) is 0 Å². The Morgan fingerprint density at radius 3 is 2.17 bits per heavy atom. The number of hydrogen-bond acceptors (Lipinski definition) is 4. The molecule has 0 unspecified atom stereocenters. The molecule has 5 heteroatoms. The fourth-order valence-corrected chi connectivity index (χ4v) is 1.86. The first-order valence-electron chi connectivity index (χ1n) is 6.13. The molecule has 0 amide bonds. The van der Waals surface area contributed by atoms with Gasteiger partial charge in [-0.15, -0.1) is 0 Å². The minimum atomic E-state index is -0.441. The van der Waals surface area contributed by atoms with Crippen molar-refractivity contribution < 1.29 is 14.0 Å². The number of aromatic nitrogens is 1. The Balaban J connectivity index is 2.32. The van der Waals surface area contributed by atoms with Gasteiger partial charge in [-0.05, 0) is 40.7 Å². The monoisotopic (exact) mass is 249 g/mol. The van der Waals surface area contributed by atoms with Crippen LogP contribution in [0, 0.1) is 6.92 Å². The van der Waals surface area contributed by atoms with Crippen molar-refractivity contribution in [1.82, 2.24) is 4.98 Å². The van der Waals surface area contributed by atoms with Crippen LogP contribution in [0.4, 0.5) is 0 Å². The van der Waals surface area contributed by atoms with Crippen LogP contribution in [0.15, 0.2) is 12.1 Å². The largest absolute Gasteiger partial charge is 0.514 e. The topological polar surface area (TPSA) is 40.6 Å². The van der Waals surface area contributed by atoms with Crippen LogP contribution in [0.3, 0.4) is 0 Å². The van der Waals surface area contributed by atoms with Crippen molar-refractivity contribution in [3.63, 3.8) is 0 Å². The van der Waals surface area contributed by atoms with E-state index in [-0.39, 0.29) is 11.2 Å². The van der Waals surface area contributed by atoms with Crippen molar-refractivity contribution in [2.75, 3.05) is 7.11 Å². The number of aryl methyl sites for hydroxylation is 1. The summed E-state index contributed by atoms with van der Waals surface area (Å²) in [7, 11) is 1.20. The van der Waals surface area contributed by atoms with Crippen molar-refractivity contribution in [1.29, 1.82) is 0 Å². The summed E-state index contributed by atoms with van der Waals surface area (Å²) in [6, 6.07) is 3.74. The molecule has 0 atom stereocenters. The normalized spacial score (nSPS) is 21.1. The molecule has 4 nitrogen and oxygen atoms in total. The molecule has 1 fully saturated rings. The molecular formula is C13H20BNO3. The zero-order chi connectivity index (χ0) is 13.6. The Kier molecular flexibility index (Phi) is 3.15. The van der Waals surface area contributed by atoms with E-state index in [9.17, 15) is 0 Å². The highest BCUT2D eigenvalue weighted by atomic mass is 16.7. The van der Waals surface area contributed by atoms with Crippen LogP contribution in [-0.4, -0.2) is 30.4 Å². The highest BCUT2D eigenvalue weighted by Crippen LogP contribution is 2.36. The van der Waals surface area contributed by atoms with Gasteiger partial charge in [0.25, 0.3) is 0 Å². The van der Waals surface area contributed by atoms with Gasteiger partial charge >= 0.3 is 7.12 Å². The lowest BCUT2D eigenvalue weighted by Gasteiger charge is -2.32. The van der Waals surface area contributed by atoms with Gasteiger partial charge in [-0.1, -0.05) is 0 Å². The third-order valence-corrected chi connectivity index (χ3v) is 3.68. The number of ether oxygens (including phenoxy) is 1. The Morgan fingerprint density at radius 1 is 1.11 bits per heavy atom. The Morgan fingerprint density at radius 2 is 1.67 bits per heavy atom. The van der Waals surface area contributed by atoms with E-state index in [2.05, 4.69) is 4.98 Å². The fourth-order valence-electron chi connectivity index (χ4n) is 1.86. The van der Waals surface area contributed by atoms with E-state index in [1.807, 2.05) is 46.8 Å². The van der Waals surface area contributed by atoms with E-state index >= 15 is 0 Å². The van der Waals surface area contributed by atoms with E-state index in [1.165, 1.54) is 0 Å². The second-order valence-corrected chi connectivity index (χ2v) is 5.66. The molecule has 1 aromatic rings. The summed E-state index contributed by atoms with van der Waals surface area (Å²) in [6.07, 6.45) is 0. The summed E-state index contributed by atoms with van der Waals surface area (Å²) in [5.41, 5.74) is 0.941. The van der Waals surface area contributed by atoms with Crippen molar-refractivity contribution in [2.45, 2.75) is 45.8 Å². The number of nitrogens with zero attached hydrogens (tertiary/aromatic N) is 1. The van der Waals surface area contributed by atoms with Crippen molar-refractivity contribution in [3.05, 3.63) is 17.8 Å². The number of methoxy groups -OCH3 is 1. The first-order chi connectivity index (χ1) is 8.25. The lowest BCUT2D eigenvalue weighted by molar-refractivity contribution is 0.00578. The maximum absolute atomic E-state index is 5.96. The molecule has 1 aliphatic heterocycles. The SMILES string of the molecule is COc1cc(C)nc(B2OC(C)(C)C(C)(C)O2)c1. The number of pyridine rings is 1. The van der Waals surface area contributed by atoms with Crippen LogP contribution in [0.2, 0.25) is 0 Å². The Bertz CT molecular complexity index is 444. The van der Waals surface area contributed by atoms with Crippen molar-refractivity contribution in [3.8, 4) is 5.75 Å². The first-order valence-corrected chi connectivity index (χ1v) is 6.13. The minimum Gasteiger partial charge on any atom is -0.497 e. The molecule has 0 spiro atoms. The second-order valence-electron chi connectivity index (χ2n) is 5.66. The molecule has 0 radical (unpaired) electrons. The van der Waals surface area contributed by atoms with E-state index < -0.39 is 7.12 Å². The summed E-state index contributed by atoms with van der Waals surface area (Å²) < 4.78 is 17.2. The summed E-state index contributed by atoms with van der Waals surface area (Å²) in [6.45, 7) is 10.0. The molecule has 98 valence electrons. The standard InChI is InChI=1S/C13H20BNO3/c1-9-7-10(16-6)8-11(15-9)14-17-12(2,3)13(4,5)18-14/h7-8H,1-6H3. The van der Waals surface area contributed by atoms with Gasteiger partial charge in [-0.3, -0.25) is 4.98 Å². The molecule has 0 bridgehead atoms. The quantitative estimate of drug-likeness (QED) is 0.748. The molecule has 0 N–H and O–H groups in total. The average molecular weight is 249 g/mol. The van der Waals surface area contributed by atoms with Crippen LogP contribution in [0.25, 0.3) is 0 Å².